The summed E-state index contributed by atoms with van der Waals surface area (Å²) in [5.41, 5.74) is -0.247. The van der Waals surface area contributed by atoms with E-state index in [0.29, 0.717) is 4.47 Å². The Morgan fingerprint density at radius 1 is 1.07 bits per heavy atom. The predicted molar refractivity (Wildman–Crippen MR) is 103 cm³/mol. The average molecular weight is 489 g/mol. The van der Waals surface area contributed by atoms with Gasteiger partial charge < -0.3 is 19.3 Å². The lowest BCUT2D eigenvalue weighted by molar-refractivity contribution is -0.384. The Hall–Kier alpha value is -2.95. The molecule has 0 heterocycles. The number of hydrogen-bond donors (Lipinski definition) is 3. The third kappa shape index (κ3) is 6.86. The normalized spacial score (nSPS) is 13.7. The summed E-state index contributed by atoms with van der Waals surface area (Å²) in [5.74, 6) is -3.11. The van der Waals surface area contributed by atoms with Crippen LogP contribution in [0, 0.1) is 10.1 Å². The van der Waals surface area contributed by atoms with Crippen LogP contribution in [0.15, 0.2) is 53.0 Å². The van der Waals surface area contributed by atoms with E-state index in [4.69, 9.17) is 14.2 Å². The van der Waals surface area contributed by atoms with Crippen molar-refractivity contribution in [2.45, 2.75) is 12.5 Å². The Balaban J connectivity index is 2.33. The van der Waals surface area contributed by atoms with E-state index in [1.807, 2.05) is 0 Å². The number of carbonyl (C=O) groups is 2. The third-order valence-corrected chi connectivity index (χ3v) is 5.36. The van der Waals surface area contributed by atoms with Crippen molar-refractivity contribution in [1.82, 2.24) is 5.09 Å². The van der Waals surface area contributed by atoms with Crippen molar-refractivity contribution in [3.63, 3.8) is 0 Å². The molecule has 29 heavy (non-hydrogen) atoms. The molecule has 11 nitrogen and oxygen atoms in total. The third-order valence-electron chi connectivity index (χ3n) is 3.30. The highest BCUT2D eigenvalue weighted by atomic mass is 79.9. The monoisotopic (exact) mass is 488 g/mol. The number of carboxylic acids is 2. The average Bonchev–Trinajstić information content (AvgIpc) is 2.63. The predicted octanol–water partition coefficient (Wildman–Crippen LogP) is 3.44. The number of carboxylic acid groups (broad SMARTS) is 2. The van der Waals surface area contributed by atoms with E-state index in [2.05, 4.69) is 21.0 Å². The van der Waals surface area contributed by atoms with Gasteiger partial charge in [0.2, 0.25) is 0 Å². The number of nitro benzene ring substituents is 1. The van der Waals surface area contributed by atoms with E-state index in [0.717, 1.165) is 24.3 Å². The Bertz CT molecular complexity index is 950. The summed E-state index contributed by atoms with van der Waals surface area (Å²) in [5, 5.41) is 30.9. The molecule has 154 valence electrons. The number of nitrogens with one attached hydrogen (secondary N) is 1. The van der Waals surface area contributed by atoms with E-state index >= 15 is 0 Å². The maximum atomic E-state index is 13.2. The van der Waals surface area contributed by atoms with Crippen LogP contribution >= 0.6 is 23.7 Å². The quantitative estimate of drug-likeness (QED) is 0.256. The number of non-ortho nitro benzene ring substituents is 1. The fourth-order valence-electron chi connectivity index (χ4n) is 2.03. The first kappa shape index (κ1) is 22.3. The molecule has 0 radical (unpaired) electrons. The van der Waals surface area contributed by atoms with Crippen LogP contribution in [0.25, 0.3) is 0 Å². The van der Waals surface area contributed by atoms with Crippen LogP contribution in [0.4, 0.5) is 5.69 Å². The second-order valence-electron chi connectivity index (χ2n) is 5.50. The molecule has 2 rings (SSSR count). The van der Waals surface area contributed by atoms with E-state index in [-0.39, 0.29) is 17.2 Å². The van der Waals surface area contributed by atoms with Gasteiger partial charge in [0.25, 0.3) is 5.69 Å². The minimum Gasteiger partial charge on any atom is -0.481 e. The Morgan fingerprint density at radius 3 is 1.97 bits per heavy atom. The Kier molecular flexibility index (Phi) is 7.32. The second-order valence-corrected chi connectivity index (χ2v) is 8.04. The molecule has 2 aromatic rings. The number of hydrogen-bond acceptors (Lipinski definition) is 7. The maximum absolute atomic E-state index is 13.2. The molecule has 0 aliphatic heterocycles. The van der Waals surface area contributed by atoms with Gasteiger partial charge >= 0.3 is 19.7 Å². The molecule has 0 aromatic heterocycles. The van der Waals surface area contributed by atoms with Crippen LogP contribution in [0.2, 0.25) is 0 Å². The summed E-state index contributed by atoms with van der Waals surface area (Å²) in [6, 6.07) is 8.65. The standard InChI is InChI=1S/C16H14BrN2O9P/c17-10-1-5-12(6-2-10)27-29(26,18-14(16(22)23)9-15(20)21)28-13-7-3-11(4-8-13)19(24)25/h1-8,14H,9H2,(H,18,26)(H,20,21)(H,22,23)/t14-,29?/m0/s1. The summed E-state index contributed by atoms with van der Waals surface area (Å²) >= 11 is 3.21. The van der Waals surface area contributed by atoms with Gasteiger partial charge in [-0.1, -0.05) is 15.9 Å². The molecule has 0 aliphatic carbocycles. The molecule has 13 heteroatoms. The first-order chi connectivity index (χ1) is 13.6. The molecular weight excluding hydrogens is 475 g/mol. The van der Waals surface area contributed by atoms with Gasteiger partial charge in [-0.2, -0.15) is 5.09 Å². The highest BCUT2D eigenvalue weighted by molar-refractivity contribution is 9.10. The van der Waals surface area contributed by atoms with Crippen molar-refractivity contribution < 1.29 is 38.3 Å². The molecule has 0 amide bonds. The molecule has 2 aromatic carbocycles. The van der Waals surface area contributed by atoms with Crippen LogP contribution in [-0.2, 0) is 14.2 Å². The molecule has 0 saturated heterocycles. The van der Waals surface area contributed by atoms with Crippen LogP contribution < -0.4 is 14.1 Å². The lowest BCUT2D eigenvalue weighted by Gasteiger charge is -2.23. The maximum Gasteiger partial charge on any atom is 0.513 e. The summed E-state index contributed by atoms with van der Waals surface area (Å²) in [7, 11) is -4.46. The fourth-order valence-corrected chi connectivity index (χ4v) is 3.82. The number of benzene rings is 2. The molecule has 0 spiro atoms. The Labute approximate surface area is 172 Å². The van der Waals surface area contributed by atoms with E-state index in [9.17, 15) is 29.4 Å². The first-order valence-electron chi connectivity index (χ1n) is 7.79. The number of halogens is 1. The molecule has 0 fully saturated rings. The largest absolute Gasteiger partial charge is 0.513 e. The zero-order valence-electron chi connectivity index (χ0n) is 14.4. The van der Waals surface area contributed by atoms with Crippen LogP contribution in [0.3, 0.4) is 0 Å². The van der Waals surface area contributed by atoms with E-state index < -0.39 is 37.1 Å². The van der Waals surface area contributed by atoms with Gasteiger partial charge in [0.05, 0.1) is 11.3 Å². The van der Waals surface area contributed by atoms with Crippen LogP contribution in [0.5, 0.6) is 11.5 Å². The number of nitro groups is 1. The Morgan fingerprint density at radius 2 is 1.55 bits per heavy atom. The van der Waals surface area contributed by atoms with Crippen LogP contribution in [0.1, 0.15) is 6.42 Å². The van der Waals surface area contributed by atoms with Gasteiger partial charge in [-0.15, -0.1) is 0 Å². The minimum absolute atomic E-state index is 0.0467. The molecule has 3 N–H and O–H groups in total. The molecule has 0 bridgehead atoms. The minimum atomic E-state index is -4.46. The zero-order chi connectivity index (χ0) is 21.6. The molecule has 0 saturated carbocycles. The van der Waals surface area contributed by atoms with Gasteiger partial charge in [-0.05, 0) is 36.4 Å². The topological polar surface area (TPSA) is 165 Å². The van der Waals surface area contributed by atoms with Gasteiger partial charge in [0.15, 0.2) is 0 Å². The smallest absolute Gasteiger partial charge is 0.481 e. The van der Waals surface area contributed by atoms with Crippen molar-refractivity contribution >= 4 is 41.3 Å². The highest BCUT2D eigenvalue weighted by Crippen LogP contribution is 2.46. The first-order valence-corrected chi connectivity index (χ1v) is 10.1. The fraction of sp³-hybridized carbons (Fsp3) is 0.125. The van der Waals surface area contributed by atoms with Crippen LogP contribution in [-0.4, -0.2) is 33.1 Å². The molecule has 0 aliphatic rings. The van der Waals surface area contributed by atoms with Crippen molar-refractivity contribution in [1.29, 1.82) is 0 Å². The molecule has 2 atom stereocenters. The zero-order valence-corrected chi connectivity index (χ0v) is 16.9. The lowest BCUT2D eigenvalue weighted by atomic mass is 10.2. The highest BCUT2D eigenvalue weighted by Gasteiger charge is 2.36. The number of nitrogens with zero attached hydrogens (tertiary/aromatic N) is 1. The van der Waals surface area contributed by atoms with Gasteiger partial charge in [0, 0.05) is 16.6 Å². The number of rotatable bonds is 10. The van der Waals surface area contributed by atoms with Crippen molar-refractivity contribution in [3.8, 4) is 11.5 Å². The molecular formula is C16H14BrN2O9P. The molecule has 1 unspecified atom stereocenters. The summed E-state index contributed by atoms with van der Waals surface area (Å²) in [6.07, 6.45) is -0.896. The van der Waals surface area contributed by atoms with Gasteiger partial charge in [-0.3, -0.25) is 19.7 Å². The van der Waals surface area contributed by atoms with Crippen molar-refractivity contribution in [2.24, 2.45) is 0 Å². The van der Waals surface area contributed by atoms with Crippen molar-refractivity contribution in [3.05, 3.63) is 63.1 Å². The van der Waals surface area contributed by atoms with E-state index in [1.165, 1.54) is 12.1 Å². The summed E-state index contributed by atoms with van der Waals surface area (Å²) in [6.45, 7) is 0. The van der Waals surface area contributed by atoms with Crippen molar-refractivity contribution in [2.75, 3.05) is 0 Å². The van der Waals surface area contributed by atoms with Gasteiger partial charge in [0.1, 0.15) is 17.5 Å². The number of aliphatic carboxylic acids is 2. The summed E-state index contributed by atoms with van der Waals surface area (Å²) in [4.78, 5) is 32.3. The van der Waals surface area contributed by atoms with Gasteiger partial charge in [-0.25, -0.2) is 4.57 Å². The lowest BCUT2D eigenvalue weighted by Crippen LogP contribution is -2.38. The van der Waals surface area contributed by atoms with E-state index in [1.54, 1.807) is 12.1 Å². The second kappa shape index (κ2) is 9.50. The summed E-state index contributed by atoms with van der Waals surface area (Å²) < 4.78 is 24.5. The SMILES string of the molecule is O=C(O)C[C@H](NP(=O)(Oc1ccc(Br)cc1)Oc1ccc([N+](=O)[O-])cc1)C(=O)O.